The van der Waals surface area contributed by atoms with Crippen LogP contribution in [0.5, 0.6) is 0 Å². The van der Waals surface area contributed by atoms with E-state index in [1.165, 1.54) is 22.4 Å². The van der Waals surface area contributed by atoms with Crippen molar-refractivity contribution in [2.24, 2.45) is 0 Å². The fourth-order valence-corrected chi connectivity index (χ4v) is 2.27. The zero-order valence-corrected chi connectivity index (χ0v) is 9.98. The molecule has 78 valence electrons. The van der Waals surface area contributed by atoms with E-state index in [9.17, 15) is 0 Å². The van der Waals surface area contributed by atoms with Gasteiger partial charge in [-0.3, -0.25) is 4.57 Å². The van der Waals surface area contributed by atoms with Crippen molar-refractivity contribution in [1.82, 2.24) is 9.55 Å². The van der Waals surface area contributed by atoms with Gasteiger partial charge < -0.3 is 4.98 Å². The maximum atomic E-state index is 5.23. The van der Waals surface area contributed by atoms with Gasteiger partial charge in [-0.1, -0.05) is 17.7 Å². The van der Waals surface area contributed by atoms with Gasteiger partial charge in [0.25, 0.3) is 0 Å². The van der Waals surface area contributed by atoms with E-state index in [-0.39, 0.29) is 0 Å². The number of hydrogen-bond donors (Lipinski definition) is 1. The number of aromatic amines is 1. The van der Waals surface area contributed by atoms with E-state index in [1.807, 2.05) is 17.0 Å². The third-order valence-electron chi connectivity index (χ3n) is 2.53. The van der Waals surface area contributed by atoms with Gasteiger partial charge in [-0.05, 0) is 44.1 Å². The molecule has 0 atom stereocenters. The smallest absolute Gasteiger partial charge is 0.181 e. The highest BCUT2D eigenvalue weighted by Crippen LogP contribution is 2.20. The molecule has 1 aromatic heterocycles. The molecular weight excluding hydrogens is 204 g/mol. The summed E-state index contributed by atoms with van der Waals surface area (Å²) in [7, 11) is 0. The van der Waals surface area contributed by atoms with Gasteiger partial charge in [0.2, 0.25) is 0 Å². The van der Waals surface area contributed by atoms with Crippen LogP contribution in [0.1, 0.15) is 16.7 Å². The molecule has 0 unspecified atom stereocenters. The van der Waals surface area contributed by atoms with Crippen molar-refractivity contribution in [2.75, 3.05) is 0 Å². The summed E-state index contributed by atoms with van der Waals surface area (Å²) in [6.07, 6.45) is 3.83. The normalized spacial score (nSPS) is 10.6. The second-order valence-corrected chi connectivity index (χ2v) is 4.27. The van der Waals surface area contributed by atoms with Crippen molar-refractivity contribution in [2.45, 2.75) is 20.8 Å². The first-order valence-corrected chi connectivity index (χ1v) is 5.34. The molecule has 0 bridgehead atoms. The third kappa shape index (κ3) is 1.75. The maximum absolute atomic E-state index is 5.23. The van der Waals surface area contributed by atoms with Crippen molar-refractivity contribution >= 4 is 12.2 Å². The summed E-state index contributed by atoms with van der Waals surface area (Å²) in [5.41, 5.74) is 4.98. The van der Waals surface area contributed by atoms with E-state index in [4.69, 9.17) is 12.2 Å². The lowest BCUT2D eigenvalue weighted by Crippen LogP contribution is -1.99. The van der Waals surface area contributed by atoms with Gasteiger partial charge in [-0.15, -0.1) is 0 Å². The molecule has 2 aromatic rings. The molecule has 1 N–H and O–H groups in total. The minimum atomic E-state index is 0.741. The number of H-pyrrole nitrogens is 1. The van der Waals surface area contributed by atoms with Gasteiger partial charge in [0.1, 0.15) is 0 Å². The van der Waals surface area contributed by atoms with Crippen molar-refractivity contribution in [1.29, 1.82) is 0 Å². The Bertz CT molecular complexity index is 526. The summed E-state index contributed by atoms with van der Waals surface area (Å²) in [4.78, 5) is 3.01. The molecule has 0 aliphatic carbocycles. The van der Waals surface area contributed by atoms with Crippen LogP contribution in [0, 0.1) is 25.5 Å². The molecule has 1 aromatic carbocycles. The Balaban J connectivity index is 2.74. The lowest BCUT2D eigenvalue weighted by Gasteiger charge is -2.11. The first-order valence-electron chi connectivity index (χ1n) is 4.94. The third-order valence-corrected chi connectivity index (χ3v) is 2.84. The molecular formula is C12H14N2S. The number of aryl methyl sites for hydroxylation is 3. The molecule has 0 amide bonds. The van der Waals surface area contributed by atoms with Crippen LogP contribution in [-0.2, 0) is 0 Å². The number of aromatic nitrogens is 2. The van der Waals surface area contributed by atoms with E-state index in [0.29, 0.717) is 0 Å². The molecule has 3 heteroatoms. The Morgan fingerprint density at radius 3 is 2.20 bits per heavy atom. The molecule has 0 aliphatic rings. The molecule has 0 radical (unpaired) electrons. The Kier molecular flexibility index (Phi) is 2.49. The standard InChI is InChI=1S/C12H14N2S/c1-8-6-9(2)11(10(3)7-8)14-5-4-13-12(14)15/h4-7H,1-3H3,(H,13,15). The molecule has 2 nitrogen and oxygen atoms in total. The Morgan fingerprint density at radius 2 is 1.73 bits per heavy atom. The van der Waals surface area contributed by atoms with Crippen molar-refractivity contribution < 1.29 is 0 Å². The second-order valence-electron chi connectivity index (χ2n) is 3.88. The zero-order chi connectivity index (χ0) is 11.0. The van der Waals surface area contributed by atoms with Crippen molar-refractivity contribution in [3.63, 3.8) is 0 Å². The molecule has 2 rings (SSSR count). The summed E-state index contributed by atoms with van der Waals surface area (Å²) in [6.45, 7) is 6.34. The fraction of sp³-hybridized carbons (Fsp3) is 0.250. The molecule has 0 saturated heterocycles. The number of imidazole rings is 1. The quantitative estimate of drug-likeness (QED) is 0.727. The van der Waals surface area contributed by atoms with Crippen LogP contribution >= 0.6 is 12.2 Å². The number of rotatable bonds is 1. The van der Waals surface area contributed by atoms with E-state index in [2.05, 4.69) is 37.9 Å². The van der Waals surface area contributed by atoms with Crippen LogP contribution in [0.15, 0.2) is 24.5 Å². The topological polar surface area (TPSA) is 20.7 Å². The summed E-state index contributed by atoms with van der Waals surface area (Å²) in [6, 6.07) is 4.36. The van der Waals surface area contributed by atoms with Gasteiger partial charge >= 0.3 is 0 Å². The summed E-state index contributed by atoms with van der Waals surface area (Å²) >= 11 is 5.23. The predicted molar refractivity (Wildman–Crippen MR) is 65.2 cm³/mol. The van der Waals surface area contributed by atoms with Crippen molar-refractivity contribution in [3.05, 3.63) is 46.0 Å². The second kappa shape index (κ2) is 3.66. The first-order chi connectivity index (χ1) is 7.09. The summed E-state index contributed by atoms with van der Waals surface area (Å²) in [5.74, 6) is 0. The predicted octanol–water partition coefficient (Wildman–Crippen LogP) is 3.46. The lowest BCUT2D eigenvalue weighted by atomic mass is 10.1. The van der Waals surface area contributed by atoms with E-state index in [0.717, 1.165) is 4.77 Å². The van der Waals surface area contributed by atoms with E-state index in [1.54, 1.807) is 0 Å². The Labute approximate surface area is 94.6 Å². The molecule has 0 aliphatic heterocycles. The van der Waals surface area contributed by atoms with Crippen LogP contribution in [0.2, 0.25) is 0 Å². The molecule has 0 fully saturated rings. The van der Waals surface area contributed by atoms with Gasteiger partial charge in [0.15, 0.2) is 4.77 Å². The SMILES string of the molecule is Cc1cc(C)c(-n2cc[nH]c2=S)c(C)c1. The van der Waals surface area contributed by atoms with Gasteiger partial charge in [-0.2, -0.15) is 0 Å². The number of hydrogen-bond acceptors (Lipinski definition) is 1. The molecule has 0 spiro atoms. The Hall–Kier alpha value is -1.35. The highest BCUT2D eigenvalue weighted by atomic mass is 32.1. The van der Waals surface area contributed by atoms with Crippen LogP contribution in [-0.4, -0.2) is 9.55 Å². The van der Waals surface area contributed by atoms with Crippen LogP contribution < -0.4 is 0 Å². The Morgan fingerprint density at radius 1 is 1.13 bits per heavy atom. The number of benzene rings is 1. The minimum absolute atomic E-state index is 0.741. The van der Waals surface area contributed by atoms with E-state index < -0.39 is 0 Å². The lowest BCUT2D eigenvalue weighted by molar-refractivity contribution is 0.999. The van der Waals surface area contributed by atoms with Gasteiger partial charge in [0, 0.05) is 12.4 Å². The highest BCUT2D eigenvalue weighted by molar-refractivity contribution is 7.71. The molecule has 0 saturated carbocycles. The van der Waals surface area contributed by atoms with Crippen LogP contribution in [0.25, 0.3) is 5.69 Å². The average molecular weight is 218 g/mol. The monoisotopic (exact) mass is 218 g/mol. The first kappa shape index (κ1) is 10.2. The summed E-state index contributed by atoms with van der Waals surface area (Å²) in [5, 5.41) is 0. The van der Waals surface area contributed by atoms with Crippen LogP contribution in [0.4, 0.5) is 0 Å². The summed E-state index contributed by atoms with van der Waals surface area (Å²) < 4.78 is 2.75. The maximum Gasteiger partial charge on any atom is 0.181 e. The largest absolute Gasteiger partial charge is 0.337 e. The zero-order valence-electron chi connectivity index (χ0n) is 9.16. The minimum Gasteiger partial charge on any atom is -0.337 e. The average Bonchev–Trinajstić information content (AvgIpc) is 2.50. The van der Waals surface area contributed by atoms with Crippen LogP contribution in [0.3, 0.4) is 0 Å². The fourth-order valence-electron chi connectivity index (χ4n) is 2.05. The molecule has 15 heavy (non-hydrogen) atoms. The van der Waals surface area contributed by atoms with Gasteiger partial charge in [-0.25, -0.2) is 0 Å². The van der Waals surface area contributed by atoms with Gasteiger partial charge in [0.05, 0.1) is 5.69 Å². The van der Waals surface area contributed by atoms with Crippen molar-refractivity contribution in [3.8, 4) is 5.69 Å². The van der Waals surface area contributed by atoms with E-state index >= 15 is 0 Å². The number of nitrogens with one attached hydrogen (secondary N) is 1. The highest BCUT2D eigenvalue weighted by Gasteiger charge is 2.06. The number of nitrogens with zero attached hydrogens (tertiary/aromatic N) is 1. The molecule has 1 heterocycles.